The van der Waals surface area contributed by atoms with Crippen LogP contribution in [0.1, 0.15) is 5.89 Å². The molecule has 0 amide bonds. The Morgan fingerprint density at radius 3 is 3.27 bits per heavy atom. The van der Waals surface area contributed by atoms with Crippen LogP contribution in [0.3, 0.4) is 0 Å². The molecule has 0 bridgehead atoms. The second-order valence-corrected chi connectivity index (χ2v) is 3.05. The van der Waals surface area contributed by atoms with Crippen molar-refractivity contribution in [3.63, 3.8) is 0 Å². The highest BCUT2D eigenvalue weighted by atomic mass is 32.1. The van der Waals surface area contributed by atoms with Crippen molar-refractivity contribution < 1.29 is 4.42 Å². The van der Waals surface area contributed by atoms with Gasteiger partial charge in [-0.1, -0.05) is 0 Å². The number of hydrogen-bond acceptors (Lipinski definition) is 4. The number of aromatic nitrogens is 1. The molecule has 0 atom stereocenters. The maximum atomic E-state index is 11.1. The Hall–Kier alpha value is -1.16. The predicted octanol–water partition coefficient (Wildman–Crippen LogP) is 1.56. The van der Waals surface area contributed by atoms with E-state index in [9.17, 15) is 4.79 Å². The summed E-state index contributed by atoms with van der Waals surface area (Å²) in [6, 6.07) is 1.72. The van der Waals surface area contributed by atoms with Crippen LogP contribution in [0.2, 0.25) is 0 Å². The summed E-state index contributed by atoms with van der Waals surface area (Å²) in [5, 5.41) is 2.40. The van der Waals surface area contributed by atoms with Gasteiger partial charge in [-0.15, -0.1) is 11.3 Å². The molecule has 0 saturated carbocycles. The van der Waals surface area contributed by atoms with Gasteiger partial charge in [0.15, 0.2) is 5.89 Å². The van der Waals surface area contributed by atoms with E-state index in [0.29, 0.717) is 11.3 Å². The number of fused-ring (bicyclic) bond motifs is 1. The summed E-state index contributed by atoms with van der Waals surface area (Å²) in [6.07, 6.45) is 0. The lowest BCUT2D eigenvalue weighted by Gasteiger charge is -1.88. The monoisotopic (exact) mass is 167 g/mol. The molecule has 11 heavy (non-hydrogen) atoms. The maximum Gasteiger partial charge on any atom is 0.347 e. The number of nitrogens with zero attached hydrogens (tertiary/aromatic N) is 1. The van der Waals surface area contributed by atoms with Gasteiger partial charge in [0.2, 0.25) is 0 Å². The summed E-state index contributed by atoms with van der Waals surface area (Å²) in [6.45, 7) is 1.67. The highest BCUT2D eigenvalue weighted by molar-refractivity contribution is 7.16. The Labute approximate surface area is 66.3 Å². The molecule has 56 valence electrons. The van der Waals surface area contributed by atoms with Gasteiger partial charge in [0.1, 0.15) is 4.83 Å². The molecule has 0 spiro atoms. The molecular formula is C7H5NO2S. The molecule has 0 fully saturated rings. The normalized spacial score (nSPS) is 10.6. The molecule has 3 nitrogen and oxygen atoms in total. The van der Waals surface area contributed by atoms with Crippen molar-refractivity contribution >= 4 is 21.6 Å². The number of thiophene rings is 1. The Bertz CT molecular complexity index is 443. The van der Waals surface area contributed by atoms with E-state index in [4.69, 9.17) is 4.42 Å². The van der Waals surface area contributed by atoms with E-state index in [1.807, 2.05) is 5.38 Å². The molecular weight excluding hydrogens is 162 g/mol. The molecule has 2 heterocycles. The molecule has 2 aromatic rings. The van der Waals surface area contributed by atoms with Gasteiger partial charge in [0.25, 0.3) is 0 Å². The SMILES string of the molecule is Cc1nc2sccc2c(=O)o1. The quantitative estimate of drug-likeness (QED) is 0.598. The third-order valence-electron chi connectivity index (χ3n) is 1.36. The molecule has 4 heteroatoms. The van der Waals surface area contributed by atoms with Gasteiger partial charge in [-0.25, -0.2) is 9.78 Å². The summed E-state index contributed by atoms with van der Waals surface area (Å²) in [5.41, 5.74) is -0.297. The van der Waals surface area contributed by atoms with E-state index in [0.717, 1.165) is 4.83 Å². The summed E-state index contributed by atoms with van der Waals surface area (Å²) in [4.78, 5) is 15.9. The van der Waals surface area contributed by atoms with Crippen LogP contribution in [0.25, 0.3) is 10.2 Å². The molecule has 0 aliphatic rings. The molecule has 2 rings (SSSR count). The molecule has 0 aliphatic heterocycles. The van der Waals surface area contributed by atoms with Gasteiger partial charge in [0, 0.05) is 6.92 Å². The summed E-state index contributed by atoms with van der Waals surface area (Å²) < 4.78 is 4.79. The Morgan fingerprint density at radius 1 is 1.64 bits per heavy atom. The van der Waals surface area contributed by atoms with Crippen LogP contribution in [-0.4, -0.2) is 4.98 Å². The minimum Gasteiger partial charge on any atom is -0.408 e. The summed E-state index contributed by atoms with van der Waals surface area (Å²) >= 11 is 1.44. The highest BCUT2D eigenvalue weighted by Gasteiger charge is 2.02. The average Bonchev–Trinajstić information content (AvgIpc) is 2.34. The lowest BCUT2D eigenvalue weighted by Crippen LogP contribution is -1.99. The van der Waals surface area contributed by atoms with Gasteiger partial charge >= 0.3 is 5.63 Å². The average molecular weight is 167 g/mol. The first-order valence-corrected chi connectivity index (χ1v) is 4.00. The van der Waals surface area contributed by atoms with Crippen LogP contribution in [0, 0.1) is 6.92 Å². The van der Waals surface area contributed by atoms with Crippen LogP contribution in [0.15, 0.2) is 20.7 Å². The minimum absolute atomic E-state index is 0.297. The first kappa shape index (κ1) is 6.54. The molecule has 0 radical (unpaired) electrons. The highest BCUT2D eigenvalue weighted by Crippen LogP contribution is 2.14. The van der Waals surface area contributed by atoms with E-state index >= 15 is 0 Å². The third-order valence-corrected chi connectivity index (χ3v) is 2.17. The first-order chi connectivity index (χ1) is 5.27. The second-order valence-electron chi connectivity index (χ2n) is 2.16. The molecule has 0 aromatic carbocycles. The Morgan fingerprint density at radius 2 is 2.45 bits per heavy atom. The smallest absolute Gasteiger partial charge is 0.347 e. The van der Waals surface area contributed by atoms with Crippen molar-refractivity contribution in [3.8, 4) is 0 Å². The first-order valence-electron chi connectivity index (χ1n) is 3.12. The fourth-order valence-corrected chi connectivity index (χ4v) is 1.69. The van der Waals surface area contributed by atoms with Crippen molar-refractivity contribution in [2.45, 2.75) is 6.92 Å². The Balaban J connectivity index is 3.02. The number of hydrogen-bond donors (Lipinski definition) is 0. The molecule has 2 aromatic heterocycles. The lowest BCUT2D eigenvalue weighted by molar-refractivity contribution is 0.468. The molecule has 0 unspecified atom stereocenters. The van der Waals surface area contributed by atoms with E-state index in [2.05, 4.69) is 4.98 Å². The van der Waals surface area contributed by atoms with Crippen LogP contribution in [0.5, 0.6) is 0 Å². The van der Waals surface area contributed by atoms with Crippen molar-refractivity contribution in [2.75, 3.05) is 0 Å². The van der Waals surface area contributed by atoms with Crippen LogP contribution in [0.4, 0.5) is 0 Å². The lowest BCUT2D eigenvalue weighted by atomic mass is 10.4. The van der Waals surface area contributed by atoms with Gasteiger partial charge in [-0.2, -0.15) is 0 Å². The standard InChI is InChI=1S/C7H5NO2S/c1-4-8-6-5(2-3-11-6)7(9)10-4/h2-3H,1H3. The minimum atomic E-state index is -0.297. The predicted molar refractivity (Wildman–Crippen MR) is 42.9 cm³/mol. The molecule has 0 saturated heterocycles. The van der Waals surface area contributed by atoms with Gasteiger partial charge in [-0.3, -0.25) is 0 Å². The fourth-order valence-electron chi connectivity index (χ4n) is 0.898. The zero-order chi connectivity index (χ0) is 7.84. The van der Waals surface area contributed by atoms with Crippen LogP contribution < -0.4 is 5.63 Å². The van der Waals surface area contributed by atoms with Crippen LogP contribution >= 0.6 is 11.3 Å². The largest absolute Gasteiger partial charge is 0.408 e. The maximum absolute atomic E-state index is 11.1. The van der Waals surface area contributed by atoms with E-state index < -0.39 is 0 Å². The van der Waals surface area contributed by atoms with Crippen molar-refractivity contribution in [1.82, 2.24) is 4.98 Å². The van der Waals surface area contributed by atoms with Gasteiger partial charge in [0.05, 0.1) is 5.39 Å². The molecule has 0 aliphatic carbocycles. The third kappa shape index (κ3) is 0.952. The van der Waals surface area contributed by atoms with E-state index in [1.54, 1.807) is 13.0 Å². The van der Waals surface area contributed by atoms with E-state index in [1.165, 1.54) is 11.3 Å². The van der Waals surface area contributed by atoms with Crippen molar-refractivity contribution in [2.24, 2.45) is 0 Å². The van der Waals surface area contributed by atoms with E-state index in [-0.39, 0.29) is 5.63 Å². The topological polar surface area (TPSA) is 43.1 Å². The summed E-state index contributed by atoms with van der Waals surface area (Å²) in [7, 11) is 0. The second kappa shape index (κ2) is 2.17. The van der Waals surface area contributed by atoms with Gasteiger partial charge in [-0.05, 0) is 11.4 Å². The fraction of sp³-hybridized carbons (Fsp3) is 0.143. The van der Waals surface area contributed by atoms with Gasteiger partial charge < -0.3 is 4.42 Å². The zero-order valence-electron chi connectivity index (χ0n) is 5.83. The zero-order valence-corrected chi connectivity index (χ0v) is 6.64. The van der Waals surface area contributed by atoms with Crippen LogP contribution in [-0.2, 0) is 0 Å². The van der Waals surface area contributed by atoms with Crippen molar-refractivity contribution in [3.05, 3.63) is 27.8 Å². The summed E-state index contributed by atoms with van der Waals surface area (Å²) in [5.74, 6) is 0.421. The Kier molecular flexibility index (Phi) is 1.29. The number of aryl methyl sites for hydroxylation is 1. The number of rotatable bonds is 0. The molecule has 0 N–H and O–H groups in total. The van der Waals surface area contributed by atoms with Crippen molar-refractivity contribution in [1.29, 1.82) is 0 Å².